The standard InChI is InChI=1S/C18H23N3O2S/c1-20(2)6-7-21-12-15(10-17(21)22)18(23)19-11-13-3-4-16-14(9-13)5-8-24-16/h3-5,8-9,15H,6-7,10-12H2,1-2H3,(H,19,23). The van der Waals surface area contributed by atoms with Crippen LogP contribution in [0.1, 0.15) is 12.0 Å². The number of nitrogens with zero attached hydrogens (tertiary/aromatic N) is 2. The SMILES string of the molecule is CN(C)CCN1CC(C(=O)NCc2ccc3sccc3c2)CC1=O. The average molecular weight is 345 g/mol. The molecule has 0 spiro atoms. The minimum absolute atomic E-state index is 0.0267. The third-order valence-corrected chi connectivity index (χ3v) is 5.28. The van der Waals surface area contributed by atoms with Gasteiger partial charge < -0.3 is 15.1 Å². The first-order valence-corrected chi connectivity index (χ1v) is 9.07. The van der Waals surface area contributed by atoms with Gasteiger partial charge >= 0.3 is 0 Å². The van der Waals surface area contributed by atoms with Gasteiger partial charge in [0.25, 0.3) is 0 Å². The van der Waals surface area contributed by atoms with Gasteiger partial charge in [0.05, 0.1) is 5.92 Å². The predicted octanol–water partition coefficient (Wildman–Crippen LogP) is 1.93. The van der Waals surface area contributed by atoms with E-state index >= 15 is 0 Å². The highest BCUT2D eigenvalue weighted by Gasteiger charge is 2.33. The van der Waals surface area contributed by atoms with Crippen molar-refractivity contribution in [1.82, 2.24) is 15.1 Å². The molecular formula is C18H23N3O2S. The van der Waals surface area contributed by atoms with Crippen LogP contribution in [-0.4, -0.2) is 55.3 Å². The van der Waals surface area contributed by atoms with Crippen LogP contribution in [0.25, 0.3) is 10.1 Å². The van der Waals surface area contributed by atoms with Crippen LogP contribution in [-0.2, 0) is 16.1 Å². The van der Waals surface area contributed by atoms with Crippen LogP contribution in [0.2, 0.25) is 0 Å². The smallest absolute Gasteiger partial charge is 0.225 e. The van der Waals surface area contributed by atoms with E-state index in [0.717, 1.165) is 12.1 Å². The summed E-state index contributed by atoms with van der Waals surface area (Å²) < 4.78 is 1.25. The van der Waals surface area contributed by atoms with Gasteiger partial charge in [0.2, 0.25) is 11.8 Å². The van der Waals surface area contributed by atoms with Crippen molar-refractivity contribution in [2.75, 3.05) is 33.7 Å². The van der Waals surface area contributed by atoms with Gasteiger partial charge in [0.1, 0.15) is 0 Å². The number of rotatable bonds is 6. The first kappa shape index (κ1) is 16.9. The highest BCUT2D eigenvalue weighted by atomic mass is 32.1. The topological polar surface area (TPSA) is 52.6 Å². The summed E-state index contributed by atoms with van der Waals surface area (Å²) in [7, 11) is 3.96. The van der Waals surface area contributed by atoms with Crippen LogP contribution in [0.15, 0.2) is 29.6 Å². The van der Waals surface area contributed by atoms with E-state index in [1.165, 1.54) is 10.1 Å². The first-order chi connectivity index (χ1) is 11.5. The zero-order valence-corrected chi connectivity index (χ0v) is 14.9. The summed E-state index contributed by atoms with van der Waals surface area (Å²) in [5.41, 5.74) is 1.09. The number of carbonyl (C=O) groups excluding carboxylic acids is 2. The Bertz CT molecular complexity index is 741. The van der Waals surface area contributed by atoms with Crippen molar-refractivity contribution in [3.63, 3.8) is 0 Å². The number of amides is 2. The number of fused-ring (bicyclic) bond motifs is 1. The largest absolute Gasteiger partial charge is 0.352 e. The molecule has 3 rings (SSSR count). The third-order valence-electron chi connectivity index (χ3n) is 4.39. The number of thiophene rings is 1. The van der Waals surface area contributed by atoms with Crippen LogP contribution >= 0.6 is 11.3 Å². The number of hydrogen-bond donors (Lipinski definition) is 1. The normalized spacial score (nSPS) is 17.9. The summed E-state index contributed by atoms with van der Waals surface area (Å²) in [6.45, 7) is 2.54. The Balaban J connectivity index is 1.52. The van der Waals surface area contributed by atoms with Gasteiger partial charge in [0, 0.05) is 37.3 Å². The van der Waals surface area contributed by atoms with Gasteiger partial charge in [-0.25, -0.2) is 0 Å². The van der Waals surface area contributed by atoms with E-state index < -0.39 is 0 Å². The molecule has 1 aromatic heterocycles. The van der Waals surface area contributed by atoms with Gasteiger partial charge in [-0.2, -0.15) is 0 Å². The number of benzene rings is 1. The highest BCUT2D eigenvalue weighted by Crippen LogP contribution is 2.22. The van der Waals surface area contributed by atoms with Crippen LogP contribution < -0.4 is 5.32 Å². The maximum atomic E-state index is 12.4. The van der Waals surface area contributed by atoms with Crippen molar-refractivity contribution in [3.8, 4) is 0 Å². The molecule has 128 valence electrons. The van der Waals surface area contributed by atoms with E-state index in [-0.39, 0.29) is 17.7 Å². The Morgan fingerprint density at radius 2 is 2.21 bits per heavy atom. The van der Waals surface area contributed by atoms with Crippen molar-refractivity contribution >= 4 is 33.2 Å². The number of likely N-dealkylation sites (N-methyl/N-ethyl adjacent to an activating group) is 1. The fourth-order valence-electron chi connectivity index (χ4n) is 2.94. The van der Waals surface area contributed by atoms with Crippen molar-refractivity contribution in [2.45, 2.75) is 13.0 Å². The lowest BCUT2D eigenvalue weighted by Gasteiger charge is -2.19. The van der Waals surface area contributed by atoms with Crippen molar-refractivity contribution in [3.05, 3.63) is 35.2 Å². The molecule has 2 aromatic rings. The second-order valence-electron chi connectivity index (χ2n) is 6.55. The van der Waals surface area contributed by atoms with Gasteiger partial charge in [-0.3, -0.25) is 9.59 Å². The minimum Gasteiger partial charge on any atom is -0.352 e. The van der Waals surface area contributed by atoms with Crippen LogP contribution in [0.4, 0.5) is 0 Å². The summed E-state index contributed by atoms with van der Waals surface area (Å²) in [4.78, 5) is 28.2. The predicted molar refractivity (Wildman–Crippen MR) is 96.9 cm³/mol. The highest BCUT2D eigenvalue weighted by molar-refractivity contribution is 7.17. The van der Waals surface area contributed by atoms with E-state index in [1.54, 1.807) is 16.2 Å². The molecule has 0 saturated carbocycles. The number of nitrogens with one attached hydrogen (secondary N) is 1. The maximum Gasteiger partial charge on any atom is 0.225 e. The van der Waals surface area contributed by atoms with E-state index in [1.807, 2.05) is 25.1 Å². The Labute approximate surface area is 146 Å². The molecule has 2 heterocycles. The van der Waals surface area contributed by atoms with Crippen LogP contribution in [0.5, 0.6) is 0 Å². The molecule has 1 unspecified atom stereocenters. The fraction of sp³-hybridized carbons (Fsp3) is 0.444. The Hall–Kier alpha value is -1.92. The average Bonchev–Trinajstić information content (AvgIpc) is 3.16. The molecule has 0 aliphatic carbocycles. The van der Waals surface area contributed by atoms with Gasteiger partial charge in [-0.15, -0.1) is 11.3 Å². The maximum absolute atomic E-state index is 12.4. The number of hydrogen-bond acceptors (Lipinski definition) is 4. The number of carbonyl (C=O) groups is 2. The lowest BCUT2D eigenvalue weighted by Crippen LogP contribution is -2.35. The molecule has 2 amide bonds. The Kier molecular flexibility index (Phi) is 5.16. The molecule has 1 N–H and O–H groups in total. The molecule has 1 aromatic carbocycles. The molecular weight excluding hydrogens is 322 g/mol. The summed E-state index contributed by atoms with van der Waals surface area (Å²) in [6, 6.07) is 8.32. The minimum atomic E-state index is -0.232. The third kappa shape index (κ3) is 3.94. The van der Waals surface area contributed by atoms with Crippen LogP contribution in [0, 0.1) is 5.92 Å². The lowest BCUT2D eigenvalue weighted by atomic mass is 10.1. The molecule has 6 heteroatoms. The molecule has 1 aliphatic heterocycles. The zero-order chi connectivity index (χ0) is 17.1. The van der Waals surface area contributed by atoms with Gasteiger partial charge in [-0.05, 0) is 48.6 Å². The van der Waals surface area contributed by atoms with Gasteiger partial charge in [0.15, 0.2) is 0 Å². The lowest BCUT2D eigenvalue weighted by molar-refractivity contribution is -0.129. The first-order valence-electron chi connectivity index (χ1n) is 8.19. The summed E-state index contributed by atoms with van der Waals surface area (Å²) >= 11 is 1.71. The molecule has 24 heavy (non-hydrogen) atoms. The van der Waals surface area contributed by atoms with E-state index in [4.69, 9.17) is 0 Å². The van der Waals surface area contributed by atoms with Crippen molar-refractivity contribution in [2.24, 2.45) is 5.92 Å². The summed E-state index contributed by atoms with van der Waals surface area (Å²) in [5, 5.41) is 6.25. The van der Waals surface area contributed by atoms with Crippen molar-refractivity contribution in [1.29, 1.82) is 0 Å². The Morgan fingerprint density at radius 1 is 1.38 bits per heavy atom. The molecule has 1 atom stereocenters. The molecule has 0 bridgehead atoms. The number of likely N-dealkylation sites (tertiary alicyclic amines) is 1. The zero-order valence-electron chi connectivity index (χ0n) is 14.1. The molecule has 1 saturated heterocycles. The van der Waals surface area contributed by atoms with E-state index in [2.05, 4.69) is 28.9 Å². The van der Waals surface area contributed by atoms with Crippen molar-refractivity contribution < 1.29 is 9.59 Å². The molecule has 5 nitrogen and oxygen atoms in total. The fourth-order valence-corrected chi connectivity index (χ4v) is 3.72. The summed E-state index contributed by atoms with van der Waals surface area (Å²) in [5.74, 6) is -0.178. The van der Waals surface area contributed by atoms with Gasteiger partial charge in [-0.1, -0.05) is 6.07 Å². The molecule has 1 fully saturated rings. The van der Waals surface area contributed by atoms with E-state index in [9.17, 15) is 9.59 Å². The Morgan fingerprint density at radius 3 is 3.00 bits per heavy atom. The van der Waals surface area contributed by atoms with Crippen LogP contribution in [0.3, 0.4) is 0 Å². The second-order valence-corrected chi connectivity index (χ2v) is 7.50. The quantitative estimate of drug-likeness (QED) is 0.870. The van der Waals surface area contributed by atoms with E-state index in [0.29, 0.717) is 26.1 Å². The summed E-state index contributed by atoms with van der Waals surface area (Å²) in [6.07, 6.45) is 0.322. The molecule has 0 radical (unpaired) electrons. The molecule has 1 aliphatic rings. The second kappa shape index (κ2) is 7.32. The monoisotopic (exact) mass is 345 g/mol.